The molecule has 1 amide bonds. The van der Waals surface area contributed by atoms with Crippen molar-refractivity contribution >= 4 is 33.6 Å². The minimum atomic E-state index is -0.705. The van der Waals surface area contributed by atoms with Gasteiger partial charge < -0.3 is 11.1 Å². The van der Waals surface area contributed by atoms with E-state index in [1.54, 1.807) is 12.1 Å². The van der Waals surface area contributed by atoms with Crippen LogP contribution in [0.2, 0.25) is 0 Å². The van der Waals surface area contributed by atoms with Crippen molar-refractivity contribution in [2.75, 3.05) is 11.1 Å². The number of rotatable bonds is 1. The quantitative estimate of drug-likeness (QED) is 0.727. The Labute approximate surface area is 126 Å². The summed E-state index contributed by atoms with van der Waals surface area (Å²) in [5, 5.41) is 2.49. The van der Waals surface area contributed by atoms with Gasteiger partial charge in [0.05, 0.1) is 5.56 Å². The lowest BCUT2D eigenvalue weighted by atomic mass is 9.86. The number of anilines is 2. The van der Waals surface area contributed by atoms with E-state index in [0.29, 0.717) is 4.47 Å². The minimum Gasteiger partial charge on any atom is -0.369 e. The molecule has 0 fully saturated rings. The second kappa shape index (κ2) is 4.96. The first-order valence-electron chi connectivity index (χ1n) is 6.10. The SMILES string of the molecule is Nc1nc2c(c(=O)[nH]1)[C@H](c1cc(Br)ccc1F)CC(=O)N2. The summed E-state index contributed by atoms with van der Waals surface area (Å²) in [6, 6.07) is 4.39. The van der Waals surface area contributed by atoms with Gasteiger partial charge in [-0.15, -0.1) is 0 Å². The van der Waals surface area contributed by atoms with Crippen molar-refractivity contribution in [3.05, 3.63) is 50.0 Å². The number of amides is 1. The number of fused-ring (bicyclic) bond motifs is 1. The molecule has 21 heavy (non-hydrogen) atoms. The molecule has 1 aliphatic rings. The Morgan fingerprint density at radius 3 is 2.90 bits per heavy atom. The standard InChI is InChI=1S/C13H10BrFN4O2/c14-5-1-2-8(15)6(3-5)7-4-9(20)17-11-10(7)12(21)19-13(16)18-11/h1-3,7H,4H2,(H4,16,17,18,19,20,21)/t7-/m0/s1. The maximum absolute atomic E-state index is 14.1. The smallest absolute Gasteiger partial charge is 0.258 e. The number of nitrogens with one attached hydrogen (secondary N) is 2. The second-order valence-electron chi connectivity index (χ2n) is 4.68. The zero-order valence-corrected chi connectivity index (χ0v) is 12.2. The largest absolute Gasteiger partial charge is 0.369 e. The molecule has 4 N–H and O–H groups in total. The molecule has 2 aromatic rings. The fourth-order valence-electron chi connectivity index (χ4n) is 2.44. The molecule has 0 aliphatic carbocycles. The maximum Gasteiger partial charge on any atom is 0.258 e. The summed E-state index contributed by atoms with van der Waals surface area (Å²) < 4.78 is 14.7. The van der Waals surface area contributed by atoms with Crippen LogP contribution in [0, 0.1) is 5.82 Å². The van der Waals surface area contributed by atoms with Crippen molar-refractivity contribution in [3.8, 4) is 0 Å². The third kappa shape index (κ3) is 2.42. The van der Waals surface area contributed by atoms with Crippen molar-refractivity contribution in [1.82, 2.24) is 9.97 Å². The summed E-state index contributed by atoms with van der Waals surface area (Å²) in [7, 11) is 0. The highest BCUT2D eigenvalue weighted by molar-refractivity contribution is 9.10. The molecule has 1 aliphatic heterocycles. The molecular weight excluding hydrogens is 343 g/mol. The Hall–Kier alpha value is -2.22. The Morgan fingerprint density at radius 1 is 1.38 bits per heavy atom. The lowest BCUT2D eigenvalue weighted by molar-refractivity contribution is -0.116. The van der Waals surface area contributed by atoms with Crippen LogP contribution < -0.4 is 16.6 Å². The highest BCUT2D eigenvalue weighted by Crippen LogP contribution is 2.36. The Bertz CT molecular complexity index is 805. The van der Waals surface area contributed by atoms with Gasteiger partial charge in [-0.05, 0) is 23.8 Å². The molecule has 108 valence electrons. The van der Waals surface area contributed by atoms with Gasteiger partial charge >= 0.3 is 0 Å². The number of hydrogen-bond donors (Lipinski definition) is 3. The molecule has 3 rings (SSSR count). The number of nitrogen functional groups attached to an aromatic ring is 1. The van der Waals surface area contributed by atoms with Gasteiger partial charge in [-0.2, -0.15) is 4.98 Å². The number of hydrogen-bond acceptors (Lipinski definition) is 4. The molecule has 0 radical (unpaired) electrons. The highest BCUT2D eigenvalue weighted by Gasteiger charge is 2.32. The molecule has 6 nitrogen and oxygen atoms in total. The molecule has 8 heteroatoms. The van der Waals surface area contributed by atoms with E-state index in [1.165, 1.54) is 6.07 Å². The summed E-state index contributed by atoms with van der Waals surface area (Å²) in [6.07, 6.45) is -0.0327. The van der Waals surface area contributed by atoms with E-state index in [1.807, 2.05) is 0 Å². The highest BCUT2D eigenvalue weighted by atomic mass is 79.9. The number of halogens is 2. The van der Waals surface area contributed by atoms with E-state index < -0.39 is 17.3 Å². The fraction of sp³-hybridized carbons (Fsp3) is 0.154. The van der Waals surface area contributed by atoms with E-state index in [0.717, 1.165) is 0 Å². The molecule has 0 saturated heterocycles. The van der Waals surface area contributed by atoms with Crippen LogP contribution in [0.25, 0.3) is 0 Å². The molecule has 0 saturated carbocycles. The Morgan fingerprint density at radius 2 is 2.14 bits per heavy atom. The third-order valence-electron chi connectivity index (χ3n) is 3.30. The number of aromatic nitrogens is 2. The zero-order valence-electron chi connectivity index (χ0n) is 10.6. The first-order valence-corrected chi connectivity index (χ1v) is 6.89. The Kier molecular flexibility index (Phi) is 3.25. The van der Waals surface area contributed by atoms with Gasteiger partial charge in [-0.25, -0.2) is 4.39 Å². The number of nitrogens with two attached hydrogens (primary N) is 1. The first kappa shape index (κ1) is 13.7. The van der Waals surface area contributed by atoms with Crippen LogP contribution in [0.5, 0.6) is 0 Å². The first-order chi connectivity index (χ1) is 9.95. The van der Waals surface area contributed by atoms with Crippen LogP contribution in [0.3, 0.4) is 0 Å². The van der Waals surface area contributed by atoms with E-state index in [4.69, 9.17) is 5.73 Å². The lowest BCUT2D eigenvalue weighted by Gasteiger charge is -2.24. The van der Waals surface area contributed by atoms with E-state index in [2.05, 4.69) is 31.2 Å². The van der Waals surface area contributed by atoms with Gasteiger partial charge in [0.1, 0.15) is 11.6 Å². The fourth-order valence-corrected chi connectivity index (χ4v) is 2.81. The molecule has 0 bridgehead atoms. The van der Waals surface area contributed by atoms with Crippen LogP contribution in [0.1, 0.15) is 23.5 Å². The van der Waals surface area contributed by atoms with Gasteiger partial charge in [0.25, 0.3) is 5.56 Å². The predicted molar refractivity (Wildman–Crippen MR) is 78.5 cm³/mol. The van der Waals surface area contributed by atoms with Crippen LogP contribution >= 0.6 is 15.9 Å². The van der Waals surface area contributed by atoms with Crippen LogP contribution in [0.4, 0.5) is 16.2 Å². The summed E-state index contributed by atoms with van der Waals surface area (Å²) >= 11 is 3.26. The van der Waals surface area contributed by atoms with Gasteiger partial charge in [-0.1, -0.05) is 15.9 Å². The number of carbonyl (C=O) groups excluding carboxylic acids is 1. The van der Waals surface area contributed by atoms with Crippen molar-refractivity contribution in [1.29, 1.82) is 0 Å². The van der Waals surface area contributed by atoms with Gasteiger partial charge in [0.2, 0.25) is 11.9 Å². The molecule has 2 heterocycles. The summed E-state index contributed by atoms with van der Waals surface area (Å²) in [5.41, 5.74) is 5.45. The molecule has 1 aromatic heterocycles. The topological polar surface area (TPSA) is 101 Å². The summed E-state index contributed by atoms with van der Waals surface area (Å²) in [6.45, 7) is 0. The average molecular weight is 353 g/mol. The second-order valence-corrected chi connectivity index (χ2v) is 5.60. The number of H-pyrrole nitrogens is 1. The molecular formula is C13H10BrFN4O2. The maximum atomic E-state index is 14.1. The summed E-state index contributed by atoms with van der Waals surface area (Å²) in [5.74, 6) is -1.56. The molecule has 1 aromatic carbocycles. The molecule has 1 atom stereocenters. The van der Waals surface area contributed by atoms with Crippen molar-refractivity contribution < 1.29 is 9.18 Å². The van der Waals surface area contributed by atoms with Crippen LogP contribution in [0.15, 0.2) is 27.5 Å². The van der Waals surface area contributed by atoms with E-state index in [9.17, 15) is 14.0 Å². The Balaban J connectivity index is 2.24. The van der Waals surface area contributed by atoms with Crippen molar-refractivity contribution in [2.45, 2.75) is 12.3 Å². The predicted octanol–water partition coefficient (Wildman–Crippen LogP) is 1.73. The normalized spacial score (nSPS) is 17.2. The van der Waals surface area contributed by atoms with Crippen molar-refractivity contribution in [2.24, 2.45) is 0 Å². The minimum absolute atomic E-state index is 0.0327. The van der Waals surface area contributed by atoms with E-state index >= 15 is 0 Å². The number of nitrogens with zero attached hydrogens (tertiary/aromatic N) is 1. The third-order valence-corrected chi connectivity index (χ3v) is 3.80. The van der Waals surface area contributed by atoms with Crippen LogP contribution in [-0.4, -0.2) is 15.9 Å². The van der Waals surface area contributed by atoms with Gasteiger partial charge in [0.15, 0.2) is 0 Å². The van der Waals surface area contributed by atoms with Crippen LogP contribution in [-0.2, 0) is 4.79 Å². The molecule has 0 unspecified atom stereocenters. The zero-order chi connectivity index (χ0) is 15.1. The number of benzene rings is 1. The van der Waals surface area contributed by atoms with Crippen molar-refractivity contribution in [3.63, 3.8) is 0 Å². The van der Waals surface area contributed by atoms with Gasteiger partial charge in [-0.3, -0.25) is 14.6 Å². The lowest BCUT2D eigenvalue weighted by Crippen LogP contribution is -2.32. The average Bonchev–Trinajstić information content (AvgIpc) is 2.39. The summed E-state index contributed by atoms with van der Waals surface area (Å²) in [4.78, 5) is 30.2. The van der Waals surface area contributed by atoms with Gasteiger partial charge in [0, 0.05) is 16.8 Å². The van der Waals surface area contributed by atoms with E-state index in [-0.39, 0.29) is 35.2 Å². The number of carbonyl (C=O) groups is 1. The number of aromatic amines is 1. The monoisotopic (exact) mass is 352 g/mol. The molecule has 0 spiro atoms.